The zero-order valence-electron chi connectivity index (χ0n) is 15.2. The first-order valence-electron chi connectivity index (χ1n) is 8.95. The second-order valence-electron chi connectivity index (χ2n) is 6.97. The Morgan fingerprint density at radius 3 is 2.58 bits per heavy atom. The van der Waals surface area contributed by atoms with Gasteiger partial charge in [0.1, 0.15) is 0 Å². The van der Waals surface area contributed by atoms with Gasteiger partial charge in [-0.3, -0.25) is 9.59 Å². The number of nitrogens with zero attached hydrogens (tertiary/aromatic N) is 4. The van der Waals surface area contributed by atoms with E-state index >= 15 is 0 Å². The number of rotatable bonds is 2. The molecule has 4 rings (SSSR count). The smallest absolute Gasteiger partial charge is 0.269 e. The van der Waals surface area contributed by atoms with E-state index in [1.165, 1.54) is 16.8 Å². The summed E-state index contributed by atoms with van der Waals surface area (Å²) >= 11 is 0. The maximum atomic E-state index is 11.9. The van der Waals surface area contributed by atoms with E-state index in [9.17, 15) is 9.59 Å². The summed E-state index contributed by atoms with van der Waals surface area (Å²) in [4.78, 5) is 29.9. The quantitative estimate of drug-likeness (QED) is 0.880. The number of benzene rings is 1. The van der Waals surface area contributed by atoms with E-state index in [0.717, 1.165) is 45.0 Å². The molecule has 1 amide bonds. The van der Waals surface area contributed by atoms with Crippen molar-refractivity contribution >= 4 is 17.3 Å². The lowest BCUT2D eigenvalue weighted by Gasteiger charge is -2.36. The zero-order chi connectivity index (χ0) is 18.3. The molecule has 2 aliphatic rings. The van der Waals surface area contributed by atoms with E-state index < -0.39 is 0 Å². The molecule has 1 N–H and O–H groups in total. The molecule has 0 saturated carbocycles. The van der Waals surface area contributed by atoms with Crippen LogP contribution in [0, 0.1) is 6.92 Å². The summed E-state index contributed by atoms with van der Waals surface area (Å²) in [7, 11) is 0. The molecule has 1 aromatic heterocycles. The first kappa shape index (κ1) is 16.6. The molecule has 2 aliphatic heterocycles. The third-order valence-electron chi connectivity index (χ3n) is 5.44. The van der Waals surface area contributed by atoms with Crippen molar-refractivity contribution in [3.05, 3.63) is 51.4 Å². The van der Waals surface area contributed by atoms with Crippen molar-refractivity contribution in [3.63, 3.8) is 0 Å². The van der Waals surface area contributed by atoms with Gasteiger partial charge in [-0.1, -0.05) is 12.1 Å². The monoisotopic (exact) mass is 353 g/mol. The van der Waals surface area contributed by atoms with E-state index in [0.29, 0.717) is 5.56 Å². The van der Waals surface area contributed by atoms with Crippen LogP contribution in [-0.2, 0) is 17.9 Å². The fraction of sp³-hybridized carbons (Fsp3) is 0.421. The van der Waals surface area contributed by atoms with Crippen LogP contribution in [0.2, 0.25) is 0 Å². The number of H-pyrrole nitrogens is 1. The number of anilines is 2. The van der Waals surface area contributed by atoms with Gasteiger partial charge < -0.3 is 14.7 Å². The fourth-order valence-electron chi connectivity index (χ4n) is 3.90. The molecule has 0 radical (unpaired) electrons. The Hall–Kier alpha value is -2.83. The summed E-state index contributed by atoms with van der Waals surface area (Å²) in [5.41, 5.74) is 5.28. The van der Waals surface area contributed by atoms with Crippen LogP contribution in [-0.4, -0.2) is 47.2 Å². The maximum Gasteiger partial charge on any atom is 0.269 e. The number of hydrogen-bond acceptors (Lipinski definition) is 5. The number of piperazine rings is 1. The molecule has 0 bridgehead atoms. The van der Waals surface area contributed by atoms with Crippen LogP contribution in [0.4, 0.5) is 11.4 Å². The second kappa shape index (κ2) is 6.48. The highest BCUT2D eigenvalue weighted by atomic mass is 16.2. The number of nitrogens with one attached hydrogen (secondary N) is 1. The lowest BCUT2D eigenvalue weighted by Crippen LogP contribution is -2.48. The minimum atomic E-state index is -0.140. The van der Waals surface area contributed by atoms with Crippen LogP contribution in [0.15, 0.2) is 29.2 Å². The molecule has 136 valence electrons. The van der Waals surface area contributed by atoms with E-state index in [1.54, 1.807) is 13.1 Å². The van der Waals surface area contributed by atoms with Crippen LogP contribution in [0.3, 0.4) is 0 Å². The second-order valence-corrected chi connectivity index (χ2v) is 6.97. The molecule has 0 unspecified atom stereocenters. The molecule has 7 heteroatoms. The Labute approximate surface area is 152 Å². The van der Waals surface area contributed by atoms with E-state index in [1.807, 2.05) is 11.8 Å². The highest BCUT2D eigenvalue weighted by Gasteiger charge is 2.27. The molecular formula is C19H23N5O2. The van der Waals surface area contributed by atoms with Gasteiger partial charge in [-0.05, 0) is 24.1 Å². The van der Waals surface area contributed by atoms with E-state index in [4.69, 9.17) is 0 Å². The fourth-order valence-corrected chi connectivity index (χ4v) is 3.90. The van der Waals surface area contributed by atoms with E-state index in [-0.39, 0.29) is 11.5 Å². The molecule has 1 aromatic carbocycles. The lowest BCUT2D eigenvalue weighted by atomic mass is 10.1. The number of fused-ring (bicyclic) bond motifs is 1. The van der Waals surface area contributed by atoms with Crippen molar-refractivity contribution in [2.45, 2.75) is 26.9 Å². The molecule has 2 aromatic rings. The number of carbonyl (C=O) groups is 1. The van der Waals surface area contributed by atoms with Gasteiger partial charge in [0.05, 0.1) is 11.9 Å². The zero-order valence-corrected chi connectivity index (χ0v) is 15.2. The average molecular weight is 353 g/mol. The SMILES string of the molecule is CC(=O)N1CCN(c2cccc3c2CN(c2cn[nH]c(=O)c2C)C3)CC1. The Morgan fingerprint density at radius 1 is 1.08 bits per heavy atom. The van der Waals surface area contributed by atoms with Gasteiger partial charge in [-0.15, -0.1) is 0 Å². The summed E-state index contributed by atoms with van der Waals surface area (Å²) < 4.78 is 0. The predicted molar refractivity (Wildman–Crippen MR) is 100 cm³/mol. The Kier molecular flexibility index (Phi) is 4.14. The predicted octanol–water partition coefficient (Wildman–Crippen LogP) is 1.27. The molecule has 0 aliphatic carbocycles. The number of amides is 1. The summed E-state index contributed by atoms with van der Waals surface area (Å²) in [5, 5.41) is 6.45. The minimum absolute atomic E-state index is 0.140. The Balaban J connectivity index is 1.58. The van der Waals surface area contributed by atoms with Crippen molar-refractivity contribution in [1.29, 1.82) is 0 Å². The topological polar surface area (TPSA) is 72.5 Å². The number of aromatic nitrogens is 2. The van der Waals surface area contributed by atoms with Gasteiger partial charge in [-0.25, -0.2) is 5.10 Å². The molecule has 1 saturated heterocycles. The van der Waals surface area contributed by atoms with Gasteiger partial charge in [-0.2, -0.15) is 5.10 Å². The van der Waals surface area contributed by atoms with Crippen LogP contribution < -0.4 is 15.4 Å². The van der Waals surface area contributed by atoms with Crippen LogP contribution >= 0.6 is 0 Å². The minimum Gasteiger partial charge on any atom is -0.368 e. The largest absolute Gasteiger partial charge is 0.368 e. The molecule has 3 heterocycles. The standard InChI is InChI=1S/C19H23N5O2/c1-13-18(10-20-21-19(13)26)24-11-15-4-3-5-17(16(15)12-24)23-8-6-22(7-9-23)14(2)25/h3-5,10H,6-9,11-12H2,1-2H3,(H,21,26). The van der Waals surface area contributed by atoms with Crippen molar-refractivity contribution in [2.75, 3.05) is 36.0 Å². The van der Waals surface area contributed by atoms with E-state index in [2.05, 4.69) is 38.2 Å². The molecular weight excluding hydrogens is 330 g/mol. The maximum absolute atomic E-state index is 11.9. The lowest BCUT2D eigenvalue weighted by molar-refractivity contribution is -0.129. The van der Waals surface area contributed by atoms with Crippen molar-refractivity contribution in [3.8, 4) is 0 Å². The summed E-state index contributed by atoms with van der Waals surface area (Å²) in [6.45, 7) is 8.24. The number of aromatic amines is 1. The van der Waals surface area contributed by atoms with Crippen LogP contribution in [0.1, 0.15) is 23.6 Å². The summed E-state index contributed by atoms with van der Waals surface area (Å²) in [6, 6.07) is 6.41. The molecule has 26 heavy (non-hydrogen) atoms. The van der Waals surface area contributed by atoms with Crippen LogP contribution in [0.25, 0.3) is 0 Å². The highest BCUT2D eigenvalue weighted by Crippen LogP contribution is 2.35. The van der Waals surface area contributed by atoms with Gasteiger partial charge in [0.15, 0.2) is 0 Å². The molecule has 1 fully saturated rings. The highest BCUT2D eigenvalue weighted by molar-refractivity contribution is 5.73. The van der Waals surface area contributed by atoms with Crippen molar-refractivity contribution < 1.29 is 4.79 Å². The average Bonchev–Trinajstić information content (AvgIpc) is 3.08. The molecule has 0 spiro atoms. The molecule has 0 atom stereocenters. The third-order valence-corrected chi connectivity index (χ3v) is 5.44. The Morgan fingerprint density at radius 2 is 1.85 bits per heavy atom. The molecule has 7 nitrogen and oxygen atoms in total. The van der Waals surface area contributed by atoms with Gasteiger partial charge in [0.2, 0.25) is 5.91 Å². The van der Waals surface area contributed by atoms with Gasteiger partial charge in [0.25, 0.3) is 5.56 Å². The summed E-state index contributed by atoms with van der Waals surface area (Å²) in [5.74, 6) is 0.145. The van der Waals surface area contributed by atoms with Gasteiger partial charge >= 0.3 is 0 Å². The summed E-state index contributed by atoms with van der Waals surface area (Å²) in [6.07, 6.45) is 1.73. The Bertz CT molecular complexity index is 899. The first-order chi connectivity index (χ1) is 12.5. The van der Waals surface area contributed by atoms with Gasteiger partial charge in [0, 0.05) is 57.4 Å². The number of hydrogen-bond donors (Lipinski definition) is 1. The first-order valence-corrected chi connectivity index (χ1v) is 8.95. The van der Waals surface area contributed by atoms with Crippen LogP contribution in [0.5, 0.6) is 0 Å². The normalized spacial score (nSPS) is 16.8. The third kappa shape index (κ3) is 2.83. The van der Waals surface area contributed by atoms with Crippen molar-refractivity contribution in [2.24, 2.45) is 0 Å². The number of carbonyl (C=O) groups excluding carboxylic acids is 1. The van der Waals surface area contributed by atoms with Crippen molar-refractivity contribution in [1.82, 2.24) is 15.1 Å².